The van der Waals surface area contributed by atoms with Gasteiger partial charge in [-0.1, -0.05) is 31.2 Å². The molecule has 1 fully saturated rings. The van der Waals surface area contributed by atoms with Gasteiger partial charge in [-0.3, -0.25) is 4.79 Å². The van der Waals surface area contributed by atoms with Crippen molar-refractivity contribution < 1.29 is 4.79 Å². The molecule has 0 unspecified atom stereocenters. The second-order valence-corrected chi connectivity index (χ2v) is 5.46. The Balaban J connectivity index is 2.34. The van der Waals surface area contributed by atoms with Crippen LogP contribution in [0.3, 0.4) is 0 Å². The van der Waals surface area contributed by atoms with Crippen LogP contribution in [0.25, 0.3) is 0 Å². The van der Waals surface area contributed by atoms with E-state index in [0.717, 1.165) is 13.0 Å². The average molecular weight is 245 g/mol. The molecule has 98 valence electrons. The van der Waals surface area contributed by atoms with Gasteiger partial charge in [-0.05, 0) is 38.3 Å². The lowest BCUT2D eigenvalue weighted by Crippen LogP contribution is -2.49. The van der Waals surface area contributed by atoms with E-state index in [0.29, 0.717) is 17.9 Å². The Morgan fingerprint density at radius 2 is 1.94 bits per heavy atom. The van der Waals surface area contributed by atoms with Crippen molar-refractivity contribution in [2.45, 2.75) is 46.1 Å². The highest BCUT2D eigenvalue weighted by Gasteiger charge is 2.37. The van der Waals surface area contributed by atoms with Crippen molar-refractivity contribution >= 4 is 5.91 Å². The van der Waals surface area contributed by atoms with Crippen LogP contribution in [0.5, 0.6) is 0 Å². The molecule has 1 aliphatic heterocycles. The van der Waals surface area contributed by atoms with Crippen molar-refractivity contribution in [2.75, 3.05) is 6.54 Å². The van der Waals surface area contributed by atoms with Gasteiger partial charge in [0.15, 0.2) is 0 Å². The molecular formula is C16H23NO. The van der Waals surface area contributed by atoms with Gasteiger partial charge in [0.25, 0.3) is 0 Å². The molecule has 1 heterocycles. The normalized spacial score (nSPS) is 28.6. The molecule has 2 heteroatoms. The Morgan fingerprint density at radius 1 is 1.28 bits per heavy atom. The minimum Gasteiger partial charge on any atom is -0.339 e. The largest absolute Gasteiger partial charge is 0.339 e. The lowest BCUT2D eigenvalue weighted by Gasteiger charge is -2.42. The van der Waals surface area contributed by atoms with Gasteiger partial charge in [0.05, 0.1) is 0 Å². The maximum atomic E-state index is 12.2. The third-order valence-corrected chi connectivity index (χ3v) is 4.31. The number of amides is 1. The number of hydrogen-bond acceptors (Lipinski definition) is 1. The lowest BCUT2D eigenvalue weighted by atomic mass is 9.78. The molecule has 2 rings (SSSR count). The molecule has 0 aromatic heterocycles. The first kappa shape index (κ1) is 13.1. The molecule has 1 aromatic carbocycles. The number of benzene rings is 1. The van der Waals surface area contributed by atoms with Crippen LogP contribution in [0.15, 0.2) is 24.3 Å². The molecule has 0 saturated carbocycles. The number of likely N-dealkylation sites (tertiary alicyclic amines) is 1. The van der Waals surface area contributed by atoms with Crippen LogP contribution in [0.4, 0.5) is 0 Å². The Bertz CT molecular complexity index is 440. The van der Waals surface area contributed by atoms with Crippen LogP contribution in [0, 0.1) is 12.8 Å². The van der Waals surface area contributed by atoms with Crippen LogP contribution in [0.1, 0.15) is 44.2 Å². The summed E-state index contributed by atoms with van der Waals surface area (Å²) in [6.07, 6.45) is 0.974. The first-order valence-corrected chi connectivity index (χ1v) is 6.92. The number of aryl methyl sites for hydroxylation is 1. The number of piperidine rings is 1. The monoisotopic (exact) mass is 245 g/mol. The van der Waals surface area contributed by atoms with E-state index in [1.807, 2.05) is 4.90 Å². The van der Waals surface area contributed by atoms with Gasteiger partial charge in [0.2, 0.25) is 5.91 Å². The van der Waals surface area contributed by atoms with Gasteiger partial charge < -0.3 is 4.90 Å². The fraction of sp³-hybridized carbons (Fsp3) is 0.562. The second-order valence-electron chi connectivity index (χ2n) is 5.46. The molecule has 1 amide bonds. The van der Waals surface area contributed by atoms with E-state index in [9.17, 15) is 4.79 Å². The number of rotatable bonds is 2. The summed E-state index contributed by atoms with van der Waals surface area (Å²) in [5, 5.41) is 0. The number of hydrogen-bond donors (Lipinski definition) is 0. The maximum Gasteiger partial charge on any atom is 0.225 e. The summed E-state index contributed by atoms with van der Waals surface area (Å²) in [6, 6.07) is 8.87. The number of likely N-dealkylation sites (N-methyl/N-ethyl adjacent to an activating group) is 1. The van der Waals surface area contributed by atoms with E-state index in [4.69, 9.17) is 0 Å². The summed E-state index contributed by atoms with van der Waals surface area (Å²) in [5.41, 5.74) is 2.75. The molecule has 0 N–H and O–H groups in total. The maximum absolute atomic E-state index is 12.2. The van der Waals surface area contributed by atoms with Crippen LogP contribution in [-0.4, -0.2) is 23.4 Å². The molecule has 1 aromatic rings. The number of carbonyl (C=O) groups is 1. The third-order valence-electron chi connectivity index (χ3n) is 4.31. The van der Waals surface area contributed by atoms with Crippen molar-refractivity contribution in [3.05, 3.63) is 35.4 Å². The highest BCUT2D eigenvalue weighted by molar-refractivity contribution is 5.80. The minimum atomic E-state index is 0.144. The summed E-state index contributed by atoms with van der Waals surface area (Å²) in [7, 11) is 0. The van der Waals surface area contributed by atoms with E-state index < -0.39 is 0 Å². The summed E-state index contributed by atoms with van der Waals surface area (Å²) in [6.45, 7) is 9.29. The highest BCUT2D eigenvalue weighted by Crippen LogP contribution is 2.36. The van der Waals surface area contributed by atoms with E-state index in [1.165, 1.54) is 11.1 Å². The molecule has 1 saturated heterocycles. The molecule has 0 spiro atoms. The van der Waals surface area contributed by atoms with Crippen molar-refractivity contribution in [1.29, 1.82) is 0 Å². The molecule has 1 aliphatic rings. The molecule has 0 aliphatic carbocycles. The first-order valence-electron chi connectivity index (χ1n) is 6.92. The van der Waals surface area contributed by atoms with E-state index in [-0.39, 0.29) is 5.92 Å². The van der Waals surface area contributed by atoms with E-state index >= 15 is 0 Å². The Hall–Kier alpha value is -1.31. The standard InChI is InChI=1S/C16H23NO/c1-5-17-13(4)15(10-12(3)16(17)18)14-9-7-6-8-11(14)2/h6-9,12-13,15H,5,10H2,1-4H3/t12-,13+,15+/m0/s1. The fourth-order valence-corrected chi connectivity index (χ4v) is 3.21. The van der Waals surface area contributed by atoms with Crippen molar-refractivity contribution in [2.24, 2.45) is 5.92 Å². The van der Waals surface area contributed by atoms with Crippen LogP contribution < -0.4 is 0 Å². The predicted molar refractivity (Wildman–Crippen MR) is 74.6 cm³/mol. The zero-order chi connectivity index (χ0) is 13.3. The average Bonchev–Trinajstić information content (AvgIpc) is 2.36. The van der Waals surface area contributed by atoms with Crippen LogP contribution in [0.2, 0.25) is 0 Å². The van der Waals surface area contributed by atoms with Crippen LogP contribution in [-0.2, 0) is 4.79 Å². The molecule has 0 radical (unpaired) electrons. The van der Waals surface area contributed by atoms with Gasteiger partial charge in [0.1, 0.15) is 0 Å². The summed E-state index contributed by atoms with van der Waals surface area (Å²) in [4.78, 5) is 14.2. The van der Waals surface area contributed by atoms with E-state index in [1.54, 1.807) is 0 Å². The van der Waals surface area contributed by atoms with Gasteiger partial charge in [0, 0.05) is 24.4 Å². The molecule has 0 bridgehead atoms. The second kappa shape index (κ2) is 5.13. The fourth-order valence-electron chi connectivity index (χ4n) is 3.21. The summed E-state index contributed by atoms with van der Waals surface area (Å²) >= 11 is 0. The van der Waals surface area contributed by atoms with Gasteiger partial charge >= 0.3 is 0 Å². The van der Waals surface area contributed by atoms with Crippen molar-refractivity contribution in [1.82, 2.24) is 4.90 Å². The predicted octanol–water partition coefficient (Wildman–Crippen LogP) is 3.36. The van der Waals surface area contributed by atoms with Crippen LogP contribution >= 0.6 is 0 Å². The first-order chi connectivity index (χ1) is 8.56. The Morgan fingerprint density at radius 3 is 2.56 bits per heavy atom. The third kappa shape index (κ3) is 2.16. The molecule has 3 atom stereocenters. The minimum absolute atomic E-state index is 0.144. The topological polar surface area (TPSA) is 20.3 Å². The van der Waals surface area contributed by atoms with Gasteiger partial charge in [-0.25, -0.2) is 0 Å². The molecular weight excluding hydrogens is 222 g/mol. The SMILES string of the molecule is CCN1C(=O)[C@@H](C)C[C@@H](c2ccccc2C)[C@H]1C. The van der Waals surface area contributed by atoms with E-state index in [2.05, 4.69) is 52.0 Å². The molecule has 2 nitrogen and oxygen atoms in total. The zero-order valence-electron chi connectivity index (χ0n) is 11.8. The Labute approximate surface area is 110 Å². The van der Waals surface area contributed by atoms with Gasteiger partial charge in [-0.15, -0.1) is 0 Å². The lowest BCUT2D eigenvalue weighted by molar-refractivity contribution is -0.141. The zero-order valence-corrected chi connectivity index (χ0v) is 11.8. The van der Waals surface area contributed by atoms with Crippen molar-refractivity contribution in [3.63, 3.8) is 0 Å². The van der Waals surface area contributed by atoms with Gasteiger partial charge in [-0.2, -0.15) is 0 Å². The summed E-state index contributed by atoms with van der Waals surface area (Å²) < 4.78 is 0. The summed E-state index contributed by atoms with van der Waals surface area (Å²) in [5.74, 6) is 0.930. The molecule has 18 heavy (non-hydrogen) atoms. The smallest absolute Gasteiger partial charge is 0.225 e. The number of carbonyl (C=O) groups excluding carboxylic acids is 1. The van der Waals surface area contributed by atoms with Crippen molar-refractivity contribution in [3.8, 4) is 0 Å². The highest BCUT2D eigenvalue weighted by atomic mass is 16.2. The Kier molecular flexibility index (Phi) is 3.74. The quantitative estimate of drug-likeness (QED) is 0.782. The number of nitrogens with zero attached hydrogens (tertiary/aromatic N) is 1.